The molecular formula is C18H22N2O5S. The molecule has 0 aliphatic heterocycles. The Hall–Kier alpha value is -2.58. The molecule has 140 valence electrons. The third kappa shape index (κ3) is 6.05. The fourth-order valence-electron chi connectivity index (χ4n) is 2.23. The molecule has 0 aromatic heterocycles. The number of para-hydroxylation sites is 1. The molecule has 2 aromatic carbocycles. The maximum absolute atomic E-state index is 12.2. The largest absolute Gasteiger partial charge is 0.497 e. The number of ether oxygens (including phenoxy) is 2. The van der Waals surface area contributed by atoms with Crippen LogP contribution in [-0.4, -0.2) is 34.6 Å². The predicted octanol–water partition coefficient (Wildman–Crippen LogP) is 2.15. The van der Waals surface area contributed by atoms with Crippen LogP contribution in [0.25, 0.3) is 0 Å². The van der Waals surface area contributed by atoms with Crippen molar-refractivity contribution >= 4 is 21.6 Å². The van der Waals surface area contributed by atoms with Gasteiger partial charge in [-0.15, -0.1) is 0 Å². The number of methoxy groups -OCH3 is 1. The van der Waals surface area contributed by atoms with E-state index in [4.69, 9.17) is 9.47 Å². The number of carbonyl (C=O) groups is 1. The van der Waals surface area contributed by atoms with Gasteiger partial charge in [0.2, 0.25) is 15.9 Å². The summed E-state index contributed by atoms with van der Waals surface area (Å²) in [6, 6.07) is 13.6. The number of benzene rings is 2. The van der Waals surface area contributed by atoms with Crippen LogP contribution in [0, 0.1) is 0 Å². The van der Waals surface area contributed by atoms with E-state index in [1.165, 1.54) is 0 Å². The molecule has 2 aromatic rings. The highest BCUT2D eigenvalue weighted by Crippen LogP contribution is 2.20. The van der Waals surface area contributed by atoms with Gasteiger partial charge in [0.1, 0.15) is 11.5 Å². The van der Waals surface area contributed by atoms with Gasteiger partial charge in [-0.25, -0.2) is 13.1 Å². The Bertz CT molecular complexity index is 835. The van der Waals surface area contributed by atoms with Crippen LogP contribution in [-0.2, 0) is 20.6 Å². The number of hydrogen-bond donors (Lipinski definition) is 2. The lowest BCUT2D eigenvalue weighted by Crippen LogP contribution is -2.33. The van der Waals surface area contributed by atoms with Gasteiger partial charge in [0.05, 0.1) is 26.0 Å². The number of rotatable bonds is 9. The summed E-state index contributed by atoms with van der Waals surface area (Å²) >= 11 is 0. The van der Waals surface area contributed by atoms with Crippen molar-refractivity contribution < 1.29 is 22.7 Å². The van der Waals surface area contributed by atoms with Crippen LogP contribution in [0.2, 0.25) is 0 Å². The summed E-state index contributed by atoms with van der Waals surface area (Å²) in [7, 11) is -2.14. The van der Waals surface area contributed by atoms with Crippen molar-refractivity contribution in [2.75, 3.05) is 25.6 Å². The highest BCUT2D eigenvalue weighted by atomic mass is 32.2. The Morgan fingerprint density at radius 3 is 2.42 bits per heavy atom. The van der Waals surface area contributed by atoms with E-state index in [1.807, 2.05) is 6.92 Å². The van der Waals surface area contributed by atoms with Crippen LogP contribution in [0.5, 0.6) is 11.5 Å². The summed E-state index contributed by atoms with van der Waals surface area (Å²) in [5.41, 5.74) is 1.09. The first-order valence-electron chi connectivity index (χ1n) is 8.05. The van der Waals surface area contributed by atoms with Crippen molar-refractivity contribution in [3.8, 4) is 11.5 Å². The molecule has 1 amide bonds. The molecule has 0 aliphatic rings. The molecule has 0 saturated heterocycles. The van der Waals surface area contributed by atoms with Crippen LogP contribution >= 0.6 is 0 Å². The minimum absolute atomic E-state index is 0.265. The molecule has 0 heterocycles. The quantitative estimate of drug-likeness (QED) is 0.697. The summed E-state index contributed by atoms with van der Waals surface area (Å²) in [6.45, 7) is 1.91. The Morgan fingerprint density at radius 1 is 1.08 bits per heavy atom. The first-order chi connectivity index (χ1) is 12.4. The van der Waals surface area contributed by atoms with Gasteiger partial charge in [0.25, 0.3) is 0 Å². The summed E-state index contributed by atoms with van der Waals surface area (Å²) < 4.78 is 37.2. The molecule has 0 unspecified atom stereocenters. The predicted molar refractivity (Wildman–Crippen MR) is 99.9 cm³/mol. The smallest absolute Gasteiger partial charge is 0.239 e. The van der Waals surface area contributed by atoms with E-state index in [-0.39, 0.29) is 12.3 Å². The van der Waals surface area contributed by atoms with E-state index in [2.05, 4.69) is 10.0 Å². The molecule has 0 spiro atoms. The molecule has 0 saturated carbocycles. The van der Waals surface area contributed by atoms with Crippen LogP contribution in [0.4, 0.5) is 5.69 Å². The van der Waals surface area contributed by atoms with Gasteiger partial charge in [0.15, 0.2) is 0 Å². The fourth-order valence-corrected chi connectivity index (χ4v) is 3.33. The second kappa shape index (κ2) is 9.21. The second-order valence-electron chi connectivity index (χ2n) is 5.40. The second-order valence-corrected chi connectivity index (χ2v) is 7.20. The monoisotopic (exact) mass is 378 g/mol. The van der Waals surface area contributed by atoms with Gasteiger partial charge in [-0.1, -0.05) is 18.2 Å². The van der Waals surface area contributed by atoms with Gasteiger partial charge in [0, 0.05) is 11.3 Å². The van der Waals surface area contributed by atoms with Crippen molar-refractivity contribution in [1.29, 1.82) is 0 Å². The normalized spacial score (nSPS) is 11.0. The summed E-state index contributed by atoms with van der Waals surface area (Å²) in [4.78, 5) is 11.9. The SMILES string of the molecule is CCOc1ccccc1CS(=O)(=O)NCC(=O)Nc1ccc(OC)cc1. The first kappa shape index (κ1) is 19.7. The Kier molecular flexibility index (Phi) is 6.99. The zero-order valence-corrected chi connectivity index (χ0v) is 15.5. The van der Waals surface area contributed by atoms with Crippen LogP contribution in [0.15, 0.2) is 48.5 Å². The Morgan fingerprint density at radius 2 is 1.77 bits per heavy atom. The van der Waals surface area contributed by atoms with Crippen molar-refractivity contribution in [3.05, 3.63) is 54.1 Å². The molecule has 0 atom stereocenters. The van der Waals surface area contributed by atoms with Crippen LogP contribution in [0.1, 0.15) is 12.5 Å². The molecule has 0 bridgehead atoms. The van der Waals surface area contributed by atoms with E-state index in [0.717, 1.165) is 0 Å². The number of hydrogen-bond acceptors (Lipinski definition) is 5. The molecule has 0 radical (unpaired) electrons. The molecule has 2 rings (SSSR count). The lowest BCUT2D eigenvalue weighted by Gasteiger charge is -2.11. The van der Waals surface area contributed by atoms with Crippen LogP contribution < -0.4 is 19.5 Å². The molecule has 0 fully saturated rings. The van der Waals surface area contributed by atoms with Gasteiger partial charge >= 0.3 is 0 Å². The van der Waals surface area contributed by atoms with Crippen LogP contribution in [0.3, 0.4) is 0 Å². The van der Waals surface area contributed by atoms with Gasteiger partial charge in [-0.3, -0.25) is 4.79 Å². The molecule has 0 aliphatic carbocycles. The van der Waals surface area contributed by atoms with E-state index < -0.39 is 15.9 Å². The molecule has 26 heavy (non-hydrogen) atoms. The average molecular weight is 378 g/mol. The van der Waals surface area contributed by atoms with Gasteiger partial charge in [-0.05, 0) is 37.3 Å². The highest BCUT2D eigenvalue weighted by Gasteiger charge is 2.16. The van der Waals surface area contributed by atoms with Crippen molar-refractivity contribution in [3.63, 3.8) is 0 Å². The van der Waals surface area contributed by atoms with E-state index in [1.54, 1.807) is 55.6 Å². The summed E-state index contributed by atoms with van der Waals surface area (Å²) in [5.74, 6) is 0.454. The lowest BCUT2D eigenvalue weighted by atomic mass is 10.2. The summed E-state index contributed by atoms with van der Waals surface area (Å²) in [5, 5.41) is 2.62. The third-order valence-electron chi connectivity index (χ3n) is 3.44. The topological polar surface area (TPSA) is 93.7 Å². The zero-order valence-electron chi connectivity index (χ0n) is 14.7. The number of sulfonamides is 1. The number of anilines is 1. The third-order valence-corrected chi connectivity index (χ3v) is 4.72. The minimum atomic E-state index is -3.68. The average Bonchev–Trinajstić information content (AvgIpc) is 2.62. The van der Waals surface area contributed by atoms with Crippen molar-refractivity contribution in [1.82, 2.24) is 4.72 Å². The maximum atomic E-state index is 12.2. The summed E-state index contributed by atoms with van der Waals surface area (Å²) in [6.07, 6.45) is 0. The lowest BCUT2D eigenvalue weighted by molar-refractivity contribution is -0.115. The maximum Gasteiger partial charge on any atom is 0.239 e. The number of amides is 1. The Balaban J connectivity index is 1.91. The van der Waals surface area contributed by atoms with Gasteiger partial charge < -0.3 is 14.8 Å². The van der Waals surface area contributed by atoms with Crippen molar-refractivity contribution in [2.24, 2.45) is 0 Å². The highest BCUT2D eigenvalue weighted by molar-refractivity contribution is 7.88. The standard InChI is InChI=1S/C18H22N2O5S/c1-3-25-17-7-5-4-6-14(17)13-26(22,23)19-12-18(21)20-15-8-10-16(24-2)11-9-15/h4-11,19H,3,12-13H2,1-2H3,(H,20,21). The van der Waals surface area contributed by atoms with Gasteiger partial charge in [-0.2, -0.15) is 0 Å². The van der Waals surface area contributed by atoms with E-state index in [0.29, 0.717) is 29.4 Å². The van der Waals surface area contributed by atoms with E-state index in [9.17, 15) is 13.2 Å². The first-order valence-corrected chi connectivity index (χ1v) is 9.70. The number of carbonyl (C=O) groups excluding carboxylic acids is 1. The fraction of sp³-hybridized carbons (Fsp3) is 0.278. The van der Waals surface area contributed by atoms with Crippen molar-refractivity contribution in [2.45, 2.75) is 12.7 Å². The molecule has 8 heteroatoms. The molecular weight excluding hydrogens is 356 g/mol. The van der Waals surface area contributed by atoms with E-state index >= 15 is 0 Å². The number of nitrogens with one attached hydrogen (secondary N) is 2. The Labute approximate surface area is 153 Å². The zero-order chi connectivity index (χ0) is 19.0. The molecule has 7 nitrogen and oxygen atoms in total. The molecule has 2 N–H and O–H groups in total. The minimum Gasteiger partial charge on any atom is -0.497 e.